The Morgan fingerprint density at radius 3 is 2.29 bits per heavy atom. The van der Waals surface area contributed by atoms with Crippen LogP contribution >= 0.6 is 0 Å². The maximum atomic E-state index is 13.1. The number of rotatable bonds is 7. The molecular formula is C27H29N3O4. The standard InChI is InChI=1S/C27H29N3O4/c1-19-9-11-21(12-10-19)25(31)29-24(26(32)28-18-23-8-5-17-34-23)20-13-15-30(16-14-20)27(33)22-6-3-2-4-7-22/h2-12,17,20,24H,13-16,18H2,1H3,(H,28,32)(H,29,31)/t24-/m1/s1. The first kappa shape index (κ1) is 23.3. The monoisotopic (exact) mass is 459 g/mol. The molecule has 0 spiro atoms. The second kappa shape index (κ2) is 10.8. The number of hydrogen-bond donors (Lipinski definition) is 2. The van der Waals surface area contributed by atoms with Crippen LogP contribution in [0.4, 0.5) is 0 Å². The second-order valence-electron chi connectivity index (χ2n) is 8.61. The smallest absolute Gasteiger partial charge is 0.253 e. The Labute approximate surface area is 199 Å². The normalized spacial score (nSPS) is 14.9. The summed E-state index contributed by atoms with van der Waals surface area (Å²) in [5, 5.41) is 5.82. The number of aryl methyl sites for hydroxylation is 1. The van der Waals surface area contributed by atoms with Gasteiger partial charge in [-0.1, -0.05) is 35.9 Å². The number of piperidine rings is 1. The topological polar surface area (TPSA) is 91.7 Å². The van der Waals surface area contributed by atoms with Gasteiger partial charge in [0, 0.05) is 24.2 Å². The molecule has 4 rings (SSSR count). The van der Waals surface area contributed by atoms with Gasteiger partial charge in [0.15, 0.2) is 0 Å². The minimum atomic E-state index is -0.710. The predicted molar refractivity (Wildman–Crippen MR) is 128 cm³/mol. The average Bonchev–Trinajstić information content (AvgIpc) is 3.40. The number of carbonyl (C=O) groups excluding carboxylic acids is 3. The van der Waals surface area contributed by atoms with E-state index in [-0.39, 0.29) is 30.2 Å². The number of carbonyl (C=O) groups is 3. The van der Waals surface area contributed by atoms with Crippen LogP contribution in [0.25, 0.3) is 0 Å². The van der Waals surface area contributed by atoms with Crippen molar-refractivity contribution in [3.63, 3.8) is 0 Å². The van der Waals surface area contributed by atoms with Crippen LogP contribution in [-0.2, 0) is 11.3 Å². The lowest BCUT2D eigenvalue weighted by Gasteiger charge is -2.35. The molecule has 2 heterocycles. The molecule has 1 aliphatic rings. The van der Waals surface area contributed by atoms with Crippen molar-refractivity contribution in [2.24, 2.45) is 5.92 Å². The molecule has 0 saturated carbocycles. The van der Waals surface area contributed by atoms with Gasteiger partial charge in [0.1, 0.15) is 11.8 Å². The fourth-order valence-corrected chi connectivity index (χ4v) is 4.22. The molecule has 7 heteroatoms. The zero-order valence-electron chi connectivity index (χ0n) is 19.2. The summed E-state index contributed by atoms with van der Waals surface area (Å²) in [6, 6.07) is 19.3. The van der Waals surface area contributed by atoms with Crippen LogP contribution in [0.3, 0.4) is 0 Å². The van der Waals surface area contributed by atoms with Crippen LogP contribution in [0.15, 0.2) is 77.4 Å². The van der Waals surface area contributed by atoms with Gasteiger partial charge in [-0.25, -0.2) is 0 Å². The van der Waals surface area contributed by atoms with E-state index in [0.29, 0.717) is 42.8 Å². The van der Waals surface area contributed by atoms with Crippen molar-refractivity contribution in [1.29, 1.82) is 0 Å². The molecular weight excluding hydrogens is 430 g/mol. The van der Waals surface area contributed by atoms with Crippen molar-refractivity contribution in [2.45, 2.75) is 32.4 Å². The van der Waals surface area contributed by atoms with Gasteiger partial charge >= 0.3 is 0 Å². The number of benzene rings is 2. The molecule has 0 radical (unpaired) electrons. The summed E-state index contributed by atoms with van der Waals surface area (Å²) in [6.07, 6.45) is 2.79. The summed E-state index contributed by atoms with van der Waals surface area (Å²) < 4.78 is 5.31. The highest BCUT2D eigenvalue weighted by molar-refractivity contribution is 5.97. The Bertz CT molecular complexity index is 1100. The molecule has 1 atom stereocenters. The molecule has 1 aliphatic heterocycles. The lowest BCUT2D eigenvalue weighted by atomic mass is 9.88. The van der Waals surface area contributed by atoms with E-state index < -0.39 is 6.04 Å². The van der Waals surface area contributed by atoms with E-state index in [1.54, 1.807) is 42.7 Å². The number of furan rings is 1. The van der Waals surface area contributed by atoms with E-state index in [1.807, 2.05) is 42.2 Å². The maximum Gasteiger partial charge on any atom is 0.253 e. The van der Waals surface area contributed by atoms with E-state index in [4.69, 9.17) is 4.42 Å². The van der Waals surface area contributed by atoms with E-state index in [0.717, 1.165) is 5.56 Å². The largest absolute Gasteiger partial charge is 0.467 e. The van der Waals surface area contributed by atoms with Crippen LogP contribution in [0.5, 0.6) is 0 Å². The highest BCUT2D eigenvalue weighted by Crippen LogP contribution is 2.23. The average molecular weight is 460 g/mol. The third-order valence-corrected chi connectivity index (χ3v) is 6.22. The van der Waals surface area contributed by atoms with Gasteiger partial charge in [-0.15, -0.1) is 0 Å². The van der Waals surface area contributed by atoms with Crippen molar-refractivity contribution in [3.8, 4) is 0 Å². The molecule has 3 aromatic rings. The van der Waals surface area contributed by atoms with Crippen LogP contribution in [-0.4, -0.2) is 41.8 Å². The Morgan fingerprint density at radius 1 is 0.941 bits per heavy atom. The second-order valence-corrected chi connectivity index (χ2v) is 8.61. The van der Waals surface area contributed by atoms with E-state index in [2.05, 4.69) is 10.6 Å². The molecule has 2 N–H and O–H groups in total. The number of amides is 3. The van der Waals surface area contributed by atoms with Crippen molar-refractivity contribution in [2.75, 3.05) is 13.1 Å². The summed E-state index contributed by atoms with van der Waals surface area (Å²) in [4.78, 5) is 40.7. The SMILES string of the molecule is Cc1ccc(C(=O)N[C@@H](C(=O)NCc2ccco2)C2CCN(C(=O)c3ccccc3)CC2)cc1. The Balaban J connectivity index is 1.43. The van der Waals surface area contributed by atoms with Gasteiger partial charge in [-0.2, -0.15) is 0 Å². The molecule has 34 heavy (non-hydrogen) atoms. The third-order valence-electron chi connectivity index (χ3n) is 6.22. The summed E-state index contributed by atoms with van der Waals surface area (Å²) in [6.45, 7) is 3.26. The van der Waals surface area contributed by atoms with E-state index >= 15 is 0 Å². The van der Waals surface area contributed by atoms with Crippen LogP contribution in [0.1, 0.15) is 44.9 Å². The highest BCUT2D eigenvalue weighted by atomic mass is 16.3. The Hall–Kier alpha value is -3.87. The quantitative estimate of drug-likeness (QED) is 0.565. The van der Waals surface area contributed by atoms with Crippen LogP contribution < -0.4 is 10.6 Å². The first-order valence-corrected chi connectivity index (χ1v) is 11.5. The van der Waals surface area contributed by atoms with Crippen molar-refractivity contribution >= 4 is 17.7 Å². The van der Waals surface area contributed by atoms with Gasteiger partial charge in [0.2, 0.25) is 5.91 Å². The maximum absolute atomic E-state index is 13.1. The molecule has 176 valence electrons. The lowest BCUT2D eigenvalue weighted by molar-refractivity contribution is -0.124. The molecule has 7 nitrogen and oxygen atoms in total. The summed E-state index contributed by atoms with van der Waals surface area (Å²) >= 11 is 0. The van der Waals surface area contributed by atoms with Crippen molar-refractivity contribution in [1.82, 2.24) is 15.5 Å². The Morgan fingerprint density at radius 2 is 1.65 bits per heavy atom. The Kier molecular flexibility index (Phi) is 7.42. The van der Waals surface area contributed by atoms with E-state index in [9.17, 15) is 14.4 Å². The fraction of sp³-hybridized carbons (Fsp3) is 0.296. The number of nitrogens with zero attached hydrogens (tertiary/aromatic N) is 1. The highest BCUT2D eigenvalue weighted by Gasteiger charge is 2.34. The van der Waals surface area contributed by atoms with Crippen LogP contribution in [0.2, 0.25) is 0 Å². The summed E-state index contributed by atoms with van der Waals surface area (Å²) in [5.41, 5.74) is 2.22. The predicted octanol–water partition coefficient (Wildman–Crippen LogP) is 3.56. The van der Waals surface area contributed by atoms with Gasteiger partial charge in [-0.05, 0) is 62.1 Å². The molecule has 0 aliphatic carbocycles. The lowest BCUT2D eigenvalue weighted by Crippen LogP contribution is -2.53. The fourth-order valence-electron chi connectivity index (χ4n) is 4.22. The number of hydrogen-bond acceptors (Lipinski definition) is 4. The molecule has 1 saturated heterocycles. The first-order valence-electron chi connectivity index (χ1n) is 11.5. The molecule has 0 bridgehead atoms. The molecule has 3 amide bonds. The van der Waals surface area contributed by atoms with E-state index in [1.165, 1.54) is 0 Å². The van der Waals surface area contributed by atoms with Crippen LogP contribution in [0, 0.1) is 12.8 Å². The van der Waals surface area contributed by atoms with Gasteiger partial charge in [-0.3, -0.25) is 14.4 Å². The summed E-state index contributed by atoms with van der Waals surface area (Å²) in [7, 11) is 0. The molecule has 0 unspecified atom stereocenters. The van der Waals surface area contributed by atoms with Gasteiger partial charge in [0.05, 0.1) is 12.8 Å². The zero-order valence-corrected chi connectivity index (χ0v) is 19.2. The van der Waals surface area contributed by atoms with Crippen molar-refractivity contribution in [3.05, 3.63) is 95.4 Å². The minimum absolute atomic E-state index is 0.0124. The first-order chi connectivity index (χ1) is 16.5. The number of likely N-dealkylation sites (tertiary alicyclic amines) is 1. The van der Waals surface area contributed by atoms with Gasteiger partial charge < -0.3 is 20.0 Å². The molecule has 2 aromatic carbocycles. The van der Waals surface area contributed by atoms with Crippen molar-refractivity contribution < 1.29 is 18.8 Å². The zero-order chi connectivity index (χ0) is 23.9. The minimum Gasteiger partial charge on any atom is -0.467 e. The van der Waals surface area contributed by atoms with Gasteiger partial charge in [0.25, 0.3) is 11.8 Å². The molecule has 1 aromatic heterocycles. The molecule has 1 fully saturated rings. The third kappa shape index (κ3) is 5.73. The number of nitrogens with one attached hydrogen (secondary N) is 2. The summed E-state index contributed by atoms with van der Waals surface area (Å²) in [5.74, 6) is -0.0155.